The number of hydrogen-bond acceptors (Lipinski definition) is 3. The van der Waals surface area contributed by atoms with Crippen LogP contribution in [-0.4, -0.2) is 26.1 Å². The number of hydrogen-bond donors (Lipinski definition) is 1. The molecule has 0 rings (SSSR count). The highest BCUT2D eigenvalue weighted by atomic mass is 35.5. The van der Waals surface area contributed by atoms with Crippen molar-refractivity contribution in [2.24, 2.45) is 0 Å². The molecule has 64 valence electrons. The first-order valence-electron chi connectivity index (χ1n) is 2.98. The number of nitrogens with zero attached hydrogens (tertiary/aromatic N) is 1. The maximum absolute atomic E-state index is 10.9. The van der Waals surface area contributed by atoms with E-state index >= 15 is 0 Å². The van der Waals surface area contributed by atoms with Crippen molar-refractivity contribution in [2.45, 2.75) is 12.2 Å². The van der Waals surface area contributed by atoms with E-state index < -0.39 is 15.3 Å². The van der Waals surface area contributed by atoms with E-state index in [1.807, 2.05) is 0 Å². The third kappa shape index (κ3) is 3.56. The van der Waals surface area contributed by atoms with Crippen LogP contribution in [0.3, 0.4) is 0 Å². The highest BCUT2D eigenvalue weighted by molar-refractivity contribution is 7.90. The Balaban J connectivity index is 4.15. The Morgan fingerprint density at radius 2 is 2.27 bits per heavy atom. The van der Waals surface area contributed by atoms with E-state index in [1.165, 1.54) is 6.92 Å². The van der Waals surface area contributed by atoms with Gasteiger partial charge in [-0.05, 0) is 6.92 Å². The highest BCUT2D eigenvalue weighted by Gasteiger charge is 2.18. The van der Waals surface area contributed by atoms with Crippen LogP contribution < -0.4 is 4.72 Å². The first-order valence-corrected chi connectivity index (χ1v) is 5.06. The molecule has 1 atom stereocenters. The first-order chi connectivity index (χ1) is 5.04. The van der Waals surface area contributed by atoms with Gasteiger partial charge in [-0.25, -0.2) is 13.1 Å². The summed E-state index contributed by atoms with van der Waals surface area (Å²) >= 11 is 5.25. The van der Waals surface area contributed by atoms with Crippen LogP contribution in [-0.2, 0) is 10.0 Å². The number of rotatable bonds is 4. The Bertz CT molecular complexity index is 244. The maximum Gasteiger partial charge on any atom is 0.227 e. The van der Waals surface area contributed by atoms with Gasteiger partial charge in [-0.2, -0.15) is 5.26 Å². The summed E-state index contributed by atoms with van der Waals surface area (Å²) in [5, 5.41) is 7.25. The van der Waals surface area contributed by atoms with Gasteiger partial charge in [0.15, 0.2) is 5.25 Å². The second-order valence-corrected chi connectivity index (χ2v) is 4.36. The predicted molar refractivity (Wildman–Crippen MR) is 42.7 cm³/mol. The summed E-state index contributed by atoms with van der Waals surface area (Å²) in [6.45, 7) is 1.48. The Morgan fingerprint density at radius 3 is 2.64 bits per heavy atom. The summed E-state index contributed by atoms with van der Waals surface area (Å²) in [7, 11) is -3.47. The standard InChI is InChI=1S/C5H9ClN2O2S/c1-5(4-7)11(9,10)8-3-2-6/h5,8H,2-3H2,1H3. The molecular weight excluding hydrogens is 188 g/mol. The van der Waals surface area contributed by atoms with Gasteiger partial charge in [0.2, 0.25) is 10.0 Å². The molecule has 11 heavy (non-hydrogen) atoms. The van der Waals surface area contributed by atoms with Crippen LogP contribution in [0.4, 0.5) is 0 Å². The van der Waals surface area contributed by atoms with Gasteiger partial charge in [0.25, 0.3) is 0 Å². The largest absolute Gasteiger partial charge is 0.227 e. The monoisotopic (exact) mass is 196 g/mol. The quantitative estimate of drug-likeness (QED) is 0.647. The van der Waals surface area contributed by atoms with Gasteiger partial charge in [-0.3, -0.25) is 0 Å². The van der Waals surface area contributed by atoms with E-state index in [9.17, 15) is 8.42 Å². The zero-order valence-electron chi connectivity index (χ0n) is 6.04. The van der Waals surface area contributed by atoms with Crippen LogP contribution in [0.1, 0.15) is 6.92 Å². The number of sulfonamides is 1. The van der Waals surface area contributed by atoms with Crippen molar-refractivity contribution in [1.29, 1.82) is 5.26 Å². The molecule has 0 saturated carbocycles. The average Bonchev–Trinajstić information content (AvgIpc) is 1.99. The molecule has 0 aliphatic rings. The molecule has 0 bridgehead atoms. The molecule has 0 fully saturated rings. The van der Waals surface area contributed by atoms with Crippen molar-refractivity contribution >= 4 is 21.6 Å². The highest BCUT2D eigenvalue weighted by Crippen LogP contribution is 1.94. The molecule has 0 aromatic carbocycles. The fourth-order valence-corrected chi connectivity index (χ4v) is 1.36. The van der Waals surface area contributed by atoms with Crippen molar-refractivity contribution in [3.63, 3.8) is 0 Å². The summed E-state index contributed by atoms with van der Waals surface area (Å²) < 4.78 is 24.0. The van der Waals surface area contributed by atoms with Crippen LogP contribution in [0, 0.1) is 11.3 Å². The molecule has 0 spiro atoms. The molecule has 0 aliphatic heterocycles. The molecule has 0 amide bonds. The van der Waals surface area contributed by atoms with Gasteiger partial charge < -0.3 is 0 Å². The third-order valence-corrected chi connectivity index (χ3v) is 2.88. The molecule has 6 heteroatoms. The minimum absolute atomic E-state index is 0.163. The fourth-order valence-electron chi connectivity index (χ4n) is 0.375. The second kappa shape index (κ2) is 4.54. The molecule has 0 aromatic rings. The number of halogens is 1. The van der Waals surface area contributed by atoms with E-state index in [0.717, 1.165) is 0 Å². The lowest BCUT2D eigenvalue weighted by atomic mass is 10.5. The molecule has 4 nitrogen and oxygen atoms in total. The summed E-state index contributed by atoms with van der Waals surface area (Å²) in [5.41, 5.74) is 0. The Hall–Kier alpha value is -0.310. The van der Waals surface area contributed by atoms with Crippen LogP contribution >= 0.6 is 11.6 Å². The summed E-state index contributed by atoms with van der Waals surface area (Å²) in [6, 6.07) is 1.62. The van der Waals surface area contributed by atoms with Crippen LogP contribution in [0.5, 0.6) is 0 Å². The van der Waals surface area contributed by atoms with Gasteiger partial charge in [0.05, 0.1) is 6.07 Å². The smallest absolute Gasteiger partial charge is 0.213 e. The third-order valence-electron chi connectivity index (χ3n) is 1.04. The molecule has 0 heterocycles. The van der Waals surface area contributed by atoms with Crippen LogP contribution in [0.25, 0.3) is 0 Å². The lowest BCUT2D eigenvalue weighted by molar-refractivity contribution is 0.579. The molecule has 0 aliphatic carbocycles. The topological polar surface area (TPSA) is 70.0 Å². The van der Waals surface area contributed by atoms with Crippen molar-refractivity contribution < 1.29 is 8.42 Å². The van der Waals surface area contributed by atoms with E-state index in [0.29, 0.717) is 0 Å². The molecule has 0 radical (unpaired) electrons. The lowest BCUT2D eigenvalue weighted by Gasteiger charge is -2.04. The van der Waals surface area contributed by atoms with Crippen LogP contribution in [0.15, 0.2) is 0 Å². The minimum atomic E-state index is -3.47. The second-order valence-electron chi connectivity index (χ2n) is 1.90. The van der Waals surface area contributed by atoms with Crippen LogP contribution in [0.2, 0.25) is 0 Å². The average molecular weight is 197 g/mol. The van der Waals surface area contributed by atoms with Crippen molar-refractivity contribution in [2.75, 3.05) is 12.4 Å². The SMILES string of the molecule is CC(C#N)S(=O)(=O)NCCCl. The molecule has 0 aromatic heterocycles. The van der Waals surface area contributed by atoms with Gasteiger partial charge in [-0.15, -0.1) is 11.6 Å². The Morgan fingerprint density at radius 1 is 1.73 bits per heavy atom. The molecular formula is C5H9ClN2O2S. The lowest BCUT2D eigenvalue weighted by Crippen LogP contribution is -2.32. The molecule has 1 unspecified atom stereocenters. The van der Waals surface area contributed by atoms with Crippen molar-refractivity contribution in [1.82, 2.24) is 4.72 Å². The van der Waals surface area contributed by atoms with Gasteiger partial charge >= 0.3 is 0 Å². The van der Waals surface area contributed by atoms with E-state index in [-0.39, 0.29) is 12.4 Å². The van der Waals surface area contributed by atoms with Crippen molar-refractivity contribution in [3.8, 4) is 6.07 Å². The number of alkyl halides is 1. The summed E-state index contributed by atoms with van der Waals surface area (Å²) in [5.74, 6) is 0.206. The summed E-state index contributed by atoms with van der Waals surface area (Å²) in [4.78, 5) is 0. The van der Waals surface area contributed by atoms with E-state index in [4.69, 9.17) is 16.9 Å². The minimum Gasteiger partial charge on any atom is -0.213 e. The Kier molecular flexibility index (Phi) is 4.42. The van der Waals surface area contributed by atoms with Gasteiger partial charge in [-0.1, -0.05) is 0 Å². The Labute approximate surface area is 71.2 Å². The summed E-state index contributed by atoms with van der Waals surface area (Å²) in [6.07, 6.45) is 0. The maximum atomic E-state index is 10.9. The van der Waals surface area contributed by atoms with E-state index in [1.54, 1.807) is 6.07 Å². The molecule has 1 N–H and O–H groups in total. The van der Waals surface area contributed by atoms with Gasteiger partial charge in [0.1, 0.15) is 0 Å². The normalized spacial score (nSPS) is 13.9. The van der Waals surface area contributed by atoms with E-state index in [2.05, 4.69) is 4.72 Å². The predicted octanol–water partition coefficient (Wildman–Crippen LogP) is 0.0567. The zero-order valence-corrected chi connectivity index (χ0v) is 7.61. The van der Waals surface area contributed by atoms with Gasteiger partial charge in [0, 0.05) is 12.4 Å². The fraction of sp³-hybridized carbons (Fsp3) is 0.800. The zero-order chi connectivity index (χ0) is 8.91. The molecule has 0 saturated heterocycles. The number of nitrogens with one attached hydrogen (secondary N) is 1. The van der Waals surface area contributed by atoms with Crippen molar-refractivity contribution in [3.05, 3.63) is 0 Å². The first kappa shape index (κ1) is 10.7. The number of nitriles is 1.